The van der Waals surface area contributed by atoms with Crippen molar-refractivity contribution in [1.82, 2.24) is 14.9 Å². The molecule has 0 spiro atoms. The minimum Gasteiger partial charge on any atom is -0.394 e. The first kappa shape index (κ1) is 11.5. The van der Waals surface area contributed by atoms with Crippen LogP contribution in [0.2, 0.25) is 0 Å². The monoisotopic (exact) mass is 253 g/mol. The highest BCUT2D eigenvalue weighted by atomic mass is 16.5. The number of ether oxygens (including phenoxy) is 1. The van der Waals surface area contributed by atoms with E-state index in [4.69, 9.17) is 15.6 Å². The van der Waals surface area contributed by atoms with E-state index in [1.54, 1.807) is 10.9 Å². The Morgan fingerprint density at radius 3 is 3.11 bits per heavy atom. The number of nitrogens with one attached hydrogen (secondary N) is 1. The fourth-order valence-corrected chi connectivity index (χ4v) is 2.27. The lowest BCUT2D eigenvalue weighted by Crippen LogP contribution is -2.37. The predicted molar refractivity (Wildman–Crippen MR) is 61.8 cm³/mol. The number of hydrogen-bond donors (Lipinski definition) is 4. The minimum atomic E-state index is -0.950. The number of rotatable bonds is 2. The summed E-state index contributed by atoms with van der Waals surface area (Å²) in [6.07, 6.45) is 1.80. The number of aliphatic hydroxyl groups is 2. The number of guanidine groups is 1. The first-order valence-corrected chi connectivity index (χ1v) is 5.81. The highest BCUT2D eigenvalue weighted by Gasteiger charge is 2.31. The lowest BCUT2D eigenvalue weighted by atomic mass is 10.2. The molecule has 1 aromatic rings. The molecule has 1 aromatic heterocycles. The molecule has 98 valence electrons. The quantitative estimate of drug-likeness (QED) is 0.542. The van der Waals surface area contributed by atoms with Crippen LogP contribution in [-0.4, -0.2) is 38.4 Å². The summed E-state index contributed by atoms with van der Waals surface area (Å²) in [5.74, 6) is 0.649. The Balaban J connectivity index is 1.92. The van der Waals surface area contributed by atoms with E-state index in [9.17, 15) is 5.11 Å². The second-order valence-electron chi connectivity index (χ2n) is 4.38. The van der Waals surface area contributed by atoms with Gasteiger partial charge in [0.05, 0.1) is 19.0 Å². The first-order valence-electron chi connectivity index (χ1n) is 5.81. The number of imidazole rings is 1. The largest absolute Gasteiger partial charge is 0.394 e. The van der Waals surface area contributed by atoms with Crippen LogP contribution in [0.3, 0.4) is 0 Å². The Labute approximate surface area is 103 Å². The van der Waals surface area contributed by atoms with E-state index in [0.29, 0.717) is 11.5 Å². The average Bonchev–Trinajstić information content (AvgIpc) is 2.93. The third-order valence-electron chi connectivity index (χ3n) is 3.16. The summed E-state index contributed by atoms with van der Waals surface area (Å²) in [5, 5.41) is 21.4. The van der Waals surface area contributed by atoms with Gasteiger partial charge in [-0.25, -0.2) is 4.98 Å². The van der Waals surface area contributed by atoms with Gasteiger partial charge in [-0.15, -0.1) is 0 Å². The number of aromatic nitrogens is 2. The maximum absolute atomic E-state index is 9.76. The average molecular weight is 253 g/mol. The summed E-state index contributed by atoms with van der Waals surface area (Å²) in [4.78, 5) is 8.25. The molecule has 0 aromatic carbocycles. The van der Waals surface area contributed by atoms with Crippen molar-refractivity contribution in [3.63, 3.8) is 0 Å². The molecule has 1 unspecified atom stereocenters. The van der Waals surface area contributed by atoms with Gasteiger partial charge in [-0.2, -0.15) is 4.99 Å². The van der Waals surface area contributed by atoms with Crippen molar-refractivity contribution in [3.05, 3.63) is 12.0 Å². The normalized spacial score (nSPS) is 30.8. The van der Waals surface area contributed by atoms with E-state index in [0.717, 1.165) is 12.8 Å². The molecule has 2 aliphatic heterocycles. The van der Waals surface area contributed by atoms with Crippen molar-refractivity contribution in [2.45, 2.75) is 31.4 Å². The van der Waals surface area contributed by atoms with Gasteiger partial charge in [-0.1, -0.05) is 0 Å². The first-order chi connectivity index (χ1) is 8.69. The maximum atomic E-state index is 9.76. The summed E-state index contributed by atoms with van der Waals surface area (Å²) >= 11 is 0. The molecule has 1 saturated heterocycles. The summed E-state index contributed by atoms with van der Waals surface area (Å²) in [6, 6.07) is 0. The van der Waals surface area contributed by atoms with Crippen LogP contribution in [0.15, 0.2) is 11.3 Å². The number of fused-ring (bicyclic) bond motifs is 1. The summed E-state index contributed by atoms with van der Waals surface area (Å²) in [5.41, 5.74) is 6.01. The zero-order valence-electron chi connectivity index (χ0n) is 9.65. The van der Waals surface area contributed by atoms with E-state index < -0.39 is 6.23 Å². The van der Waals surface area contributed by atoms with Crippen molar-refractivity contribution < 1.29 is 14.9 Å². The molecule has 3 rings (SSSR count). The molecular weight excluding hydrogens is 238 g/mol. The lowest BCUT2D eigenvalue weighted by molar-refractivity contribution is -0.0217. The predicted octanol–water partition coefficient (Wildman–Crippen LogP) is -0.907. The van der Waals surface area contributed by atoms with Crippen LogP contribution in [-0.2, 0) is 4.74 Å². The maximum Gasteiger partial charge on any atom is 0.197 e. The summed E-state index contributed by atoms with van der Waals surface area (Å²) in [6.45, 7) is 0.00295. The van der Waals surface area contributed by atoms with Crippen LogP contribution in [0.1, 0.15) is 31.0 Å². The minimum absolute atomic E-state index is 0.00295. The molecule has 8 heteroatoms. The number of aliphatic hydroxyl groups excluding tert-OH is 2. The number of aliphatic imine (C=N–C) groups is 1. The summed E-state index contributed by atoms with van der Waals surface area (Å²) < 4.78 is 7.39. The number of nitrogens with zero attached hydrogens (tertiary/aromatic N) is 3. The molecule has 0 amide bonds. The van der Waals surface area contributed by atoms with Crippen LogP contribution in [0.4, 0.5) is 5.82 Å². The molecule has 5 N–H and O–H groups in total. The van der Waals surface area contributed by atoms with Gasteiger partial charge in [0, 0.05) is 0 Å². The molecule has 1 fully saturated rings. The Morgan fingerprint density at radius 1 is 1.56 bits per heavy atom. The molecule has 0 radical (unpaired) electrons. The topological polar surface area (TPSA) is 118 Å². The van der Waals surface area contributed by atoms with E-state index in [-0.39, 0.29) is 24.9 Å². The van der Waals surface area contributed by atoms with Gasteiger partial charge >= 0.3 is 0 Å². The van der Waals surface area contributed by atoms with E-state index in [1.165, 1.54) is 0 Å². The van der Waals surface area contributed by atoms with Crippen LogP contribution in [0.25, 0.3) is 0 Å². The second-order valence-corrected chi connectivity index (χ2v) is 4.38. The van der Waals surface area contributed by atoms with E-state index >= 15 is 0 Å². The Bertz CT molecular complexity index is 486. The zero-order chi connectivity index (χ0) is 12.7. The van der Waals surface area contributed by atoms with Crippen molar-refractivity contribution in [3.8, 4) is 0 Å². The van der Waals surface area contributed by atoms with Crippen LogP contribution >= 0.6 is 0 Å². The third-order valence-corrected chi connectivity index (χ3v) is 3.16. The standard InChI is InChI=1S/C10H15N5O3/c11-10-13-8-7(9(17)14-10)12-4-15(8)6-2-1-5(3-16)18-6/h4-6,9,16-17H,1-3H2,(H3,11,13,14)/t5-,6+,9?/m0/s1. The summed E-state index contributed by atoms with van der Waals surface area (Å²) in [7, 11) is 0. The fourth-order valence-electron chi connectivity index (χ4n) is 2.27. The van der Waals surface area contributed by atoms with Crippen LogP contribution in [0, 0.1) is 0 Å². The van der Waals surface area contributed by atoms with Crippen molar-refractivity contribution in [2.75, 3.05) is 6.61 Å². The van der Waals surface area contributed by atoms with Gasteiger partial charge in [0.25, 0.3) is 0 Å². The molecule has 0 aliphatic carbocycles. The fraction of sp³-hybridized carbons (Fsp3) is 0.600. The molecule has 18 heavy (non-hydrogen) atoms. The van der Waals surface area contributed by atoms with Crippen LogP contribution in [0.5, 0.6) is 0 Å². The van der Waals surface area contributed by atoms with Crippen molar-refractivity contribution in [1.29, 1.82) is 0 Å². The van der Waals surface area contributed by atoms with E-state index in [2.05, 4.69) is 15.3 Å². The molecule has 3 atom stereocenters. The van der Waals surface area contributed by atoms with E-state index in [1.807, 2.05) is 0 Å². The molecule has 0 saturated carbocycles. The Hall–Kier alpha value is -1.64. The number of hydrogen-bond acceptors (Lipinski definition) is 7. The van der Waals surface area contributed by atoms with Gasteiger partial charge in [-0.05, 0) is 12.8 Å². The molecule has 0 bridgehead atoms. The molecule has 3 heterocycles. The van der Waals surface area contributed by atoms with Gasteiger partial charge in [0.2, 0.25) is 0 Å². The Morgan fingerprint density at radius 2 is 2.39 bits per heavy atom. The van der Waals surface area contributed by atoms with Gasteiger partial charge < -0.3 is 26.0 Å². The van der Waals surface area contributed by atoms with Crippen LogP contribution < -0.4 is 11.1 Å². The zero-order valence-corrected chi connectivity index (χ0v) is 9.65. The Kier molecular flexibility index (Phi) is 2.69. The van der Waals surface area contributed by atoms with Gasteiger partial charge in [0.15, 0.2) is 18.0 Å². The third kappa shape index (κ3) is 1.74. The second kappa shape index (κ2) is 4.23. The SMILES string of the molecule is NC1=Nc2c(ncn2[C@H]2CC[C@@H](CO)O2)C(O)N1. The smallest absolute Gasteiger partial charge is 0.197 e. The van der Waals surface area contributed by atoms with Gasteiger partial charge in [-0.3, -0.25) is 4.57 Å². The number of nitrogens with two attached hydrogens (primary N) is 1. The molecular formula is C10H15N5O3. The highest BCUT2D eigenvalue weighted by molar-refractivity contribution is 5.82. The van der Waals surface area contributed by atoms with Crippen molar-refractivity contribution >= 4 is 11.8 Å². The highest BCUT2D eigenvalue weighted by Crippen LogP contribution is 2.35. The van der Waals surface area contributed by atoms with Gasteiger partial charge in [0.1, 0.15) is 11.9 Å². The molecule has 2 aliphatic rings. The lowest BCUT2D eigenvalue weighted by Gasteiger charge is -2.20. The molecule has 8 nitrogen and oxygen atoms in total. The van der Waals surface area contributed by atoms with Crippen molar-refractivity contribution in [2.24, 2.45) is 10.7 Å².